The van der Waals surface area contributed by atoms with E-state index in [2.05, 4.69) is 10.0 Å². The topological polar surface area (TPSA) is 84.5 Å². The number of rotatable bonds is 6. The van der Waals surface area contributed by atoms with E-state index in [1.54, 1.807) is 31.2 Å². The Morgan fingerprint density at radius 2 is 1.92 bits per heavy atom. The zero-order chi connectivity index (χ0) is 18.6. The minimum atomic E-state index is -3.43. The van der Waals surface area contributed by atoms with E-state index < -0.39 is 27.8 Å². The van der Waals surface area contributed by atoms with Gasteiger partial charge in [0.15, 0.2) is 11.6 Å². The van der Waals surface area contributed by atoms with Crippen LogP contribution in [-0.4, -0.2) is 27.7 Å². The Kier molecular flexibility index (Phi) is 5.63. The van der Waals surface area contributed by atoms with Crippen LogP contribution in [0.2, 0.25) is 0 Å². The summed E-state index contributed by atoms with van der Waals surface area (Å²) in [5.41, 5.74) is 1.16. The Balaban J connectivity index is 2.13. The number of sulfonamides is 1. The largest absolute Gasteiger partial charge is 0.494 e. The van der Waals surface area contributed by atoms with Crippen LogP contribution in [0.1, 0.15) is 28.9 Å². The van der Waals surface area contributed by atoms with Crippen molar-refractivity contribution in [3.63, 3.8) is 0 Å². The predicted molar refractivity (Wildman–Crippen MR) is 93.7 cm³/mol. The second-order valence-electron chi connectivity index (χ2n) is 5.54. The molecular formula is C17H19FN2O4S. The van der Waals surface area contributed by atoms with Crippen molar-refractivity contribution >= 4 is 21.6 Å². The molecule has 0 radical (unpaired) electrons. The van der Waals surface area contributed by atoms with E-state index in [0.29, 0.717) is 11.3 Å². The summed E-state index contributed by atoms with van der Waals surface area (Å²) in [5, 5.41) is 2.74. The number of hydrogen-bond acceptors (Lipinski definition) is 4. The van der Waals surface area contributed by atoms with Gasteiger partial charge in [0.05, 0.1) is 19.4 Å². The monoisotopic (exact) mass is 366 g/mol. The van der Waals surface area contributed by atoms with Crippen molar-refractivity contribution < 1.29 is 22.3 Å². The van der Waals surface area contributed by atoms with Crippen LogP contribution >= 0.6 is 0 Å². The Morgan fingerprint density at radius 3 is 2.52 bits per heavy atom. The minimum Gasteiger partial charge on any atom is -0.494 e. The highest BCUT2D eigenvalue weighted by Gasteiger charge is 2.14. The Bertz CT molecular complexity index is 884. The van der Waals surface area contributed by atoms with E-state index in [4.69, 9.17) is 4.74 Å². The van der Waals surface area contributed by atoms with Gasteiger partial charge in [-0.3, -0.25) is 9.52 Å². The van der Waals surface area contributed by atoms with Gasteiger partial charge in [-0.05, 0) is 42.8 Å². The number of benzene rings is 2. The molecule has 0 fully saturated rings. The summed E-state index contributed by atoms with van der Waals surface area (Å²) in [5.74, 6) is -0.789. The van der Waals surface area contributed by atoms with Gasteiger partial charge in [-0.25, -0.2) is 12.8 Å². The number of amides is 1. The van der Waals surface area contributed by atoms with E-state index in [0.717, 1.165) is 6.26 Å². The van der Waals surface area contributed by atoms with Gasteiger partial charge in [-0.1, -0.05) is 12.1 Å². The smallest absolute Gasteiger partial charge is 0.251 e. The lowest BCUT2D eigenvalue weighted by molar-refractivity contribution is 0.0940. The quantitative estimate of drug-likeness (QED) is 0.823. The lowest BCUT2D eigenvalue weighted by Gasteiger charge is -2.16. The molecule has 2 rings (SSSR count). The van der Waals surface area contributed by atoms with E-state index in [1.807, 2.05) is 0 Å². The van der Waals surface area contributed by atoms with Gasteiger partial charge in [0.2, 0.25) is 10.0 Å². The average Bonchev–Trinajstić information content (AvgIpc) is 2.53. The molecule has 0 bridgehead atoms. The van der Waals surface area contributed by atoms with Crippen molar-refractivity contribution in [2.75, 3.05) is 18.1 Å². The summed E-state index contributed by atoms with van der Waals surface area (Å²) in [6.45, 7) is 1.72. The van der Waals surface area contributed by atoms with Gasteiger partial charge in [0, 0.05) is 11.3 Å². The highest BCUT2D eigenvalue weighted by atomic mass is 32.2. The van der Waals surface area contributed by atoms with Crippen molar-refractivity contribution in [2.24, 2.45) is 0 Å². The van der Waals surface area contributed by atoms with Crippen molar-refractivity contribution in [1.82, 2.24) is 5.32 Å². The summed E-state index contributed by atoms with van der Waals surface area (Å²) in [7, 11) is -2.06. The average molecular weight is 366 g/mol. The fourth-order valence-corrected chi connectivity index (χ4v) is 2.81. The molecule has 2 aromatic rings. The van der Waals surface area contributed by atoms with Crippen molar-refractivity contribution in [1.29, 1.82) is 0 Å². The number of nitrogens with one attached hydrogen (secondary N) is 2. The first kappa shape index (κ1) is 18.7. The molecule has 2 N–H and O–H groups in total. The van der Waals surface area contributed by atoms with Crippen LogP contribution in [0.15, 0.2) is 42.5 Å². The van der Waals surface area contributed by atoms with E-state index in [9.17, 15) is 17.6 Å². The molecule has 134 valence electrons. The first-order valence-electron chi connectivity index (χ1n) is 7.42. The third-order valence-corrected chi connectivity index (χ3v) is 4.06. The number of methoxy groups -OCH3 is 1. The molecule has 0 saturated carbocycles. The highest BCUT2D eigenvalue weighted by Crippen LogP contribution is 2.22. The molecule has 6 nitrogen and oxygen atoms in total. The fraction of sp³-hybridized carbons (Fsp3) is 0.235. The van der Waals surface area contributed by atoms with Gasteiger partial charge < -0.3 is 10.1 Å². The van der Waals surface area contributed by atoms with Gasteiger partial charge in [-0.2, -0.15) is 0 Å². The molecule has 2 aromatic carbocycles. The zero-order valence-corrected chi connectivity index (χ0v) is 14.9. The van der Waals surface area contributed by atoms with E-state index in [-0.39, 0.29) is 11.3 Å². The number of ether oxygens (including phenoxy) is 1. The van der Waals surface area contributed by atoms with Crippen LogP contribution < -0.4 is 14.8 Å². The predicted octanol–water partition coefficient (Wildman–Crippen LogP) is 2.70. The van der Waals surface area contributed by atoms with Crippen LogP contribution in [-0.2, 0) is 10.0 Å². The van der Waals surface area contributed by atoms with E-state index >= 15 is 0 Å². The highest BCUT2D eigenvalue weighted by molar-refractivity contribution is 7.92. The van der Waals surface area contributed by atoms with Crippen LogP contribution in [0.5, 0.6) is 5.75 Å². The fourth-order valence-electron chi connectivity index (χ4n) is 2.25. The maximum atomic E-state index is 13.8. The molecule has 1 amide bonds. The number of carbonyl (C=O) groups is 1. The second kappa shape index (κ2) is 7.52. The maximum absolute atomic E-state index is 13.8. The molecule has 0 aliphatic rings. The molecule has 0 spiro atoms. The van der Waals surface area contributed by atoms with E-state index in [1.165, 1.54) is 25.3 Å². The number of halogens is 1. The van der Waals surface area contributed by atoms with Crippen LogP contribution in [0.4, 0.5) is 10.1 Å². The van der Waals surface area contributed by atoms with Crippen LogP contribution in [0.25, 0.3) is 0 Å². The Morgan fingerprint density at radius 1 is 1.20 bits per heavy atom. The molecule has 0 aromatic heterocycles. The van der Waals surface area contributed by atoms with Crippen LogP contribution in [0.3, 0.4) is 0 Å². The van der Waals surface area contributed by atoms with Crippen LogP contribution in [0, 0.1) is 5.82 Å². The molecule has 1 unspecified atom stereocenters. The molecule has 0 aliphatic heterocycles. The van der Waals surface area contributed by atoms with Crippen molar-refractivity contribution in [2.45, 2.75) is 13.0 Å². The zero-order valence-electron chi connectivity index (χ0n) is 14.0. The first-order valence-corrected chi connectivity index (χ1v) is 9.31. The summed E-state index contributed by atoms with van der Waals surface area (Å²) in [6.07, 6.45) is 1.03. The van der Waals surface area contributed by atoms with Crippen molar-refractivity contribution in [3.05, 3.63) is 59.4 Å². The third-order valence-electron chi connectivity index (χ3n) is 3.45. The molecule has 1 atom stereocenters. The standard InChI is InChI=1S/C17H19FN2O4S/c1-11(12-7-8-16(24-2)15(18)10-12)19-17(21)13-5-4-6-14(9-13)20-25(3,22)23/h4-11,20H,1-3H3,(H,19,21). The third kappa shape index (κ3) is 5.18. The Labute approximate surface area is 146 Å². The molecule has 8 heteroatoms. The summed E-state index contributed by atoms with van der Waals surface area (Å²) < 4.78 is 43.5. The summed E-state index contributed by atoms with van der Waals surface area (Å²) in [4.78, 5) is 12.3. The lowest BCUT2D eigenvalue weighted by Crippen LogP contribution is -2.26. The molecule has 0 aliphatic carbocycles. The summed E-state index contributed by atoms with van der Waals surface area (Å²) >= 11 is 0. The Hall–Kier alpha value is -2.61. The number of carbonyl (C=O) groups excluding carboxylic acids is 1. The van der Waals surface area contributed by atoms with Crippen molar-refractivity contribution in [3.8, 4) is 5.75 Å². The SMILES string of the molecule is COc1ccc(C(C)NC(=O)c2cccc(NS(C)(=O)=O)c2)cc1F. The molecule has 0 heterocycles. The van der Waals surface area contributed by atoms with Gasteiger partial charge in [0.25, 0.3) is 5.91 Å². The molecule has 25 heavy (non-hydrogen) atoms. The van der Waals surface area contributed by atoms with Gasteiger partial charge in [-0.15, -0.1) is 0 Å². The van der Waals surface area contributed by atoms with Gasteiger partial charge in [0.1, 0.15) is 0 Å². The molecule has 0 saturated heterocycles. The number of hydrogen-bond donors (Lipinski definition) is 2. The summed E-state index contributed by atoms with van der Waals surface area (Å²) in [6, 6.07) is 10.1. The maximum Gasteiger partial charge on any atom is 0.251 e. The number of anilines is 1. The first-order chi connectivity index (χ1) is 11.7. The van der Waals surface area contributed by atoms with Gasteiger partial charge >= 0.3 is 0 Å². The molecular weight excluding hydrogens is 347 g/mol. The second-order valence-corrected chi connectivity index (χ2v) is 7.29. The minimum absolute atomic E-state index is 0.127. The normalized spacial score (nSPS) is 12.3. The lowest BCUT2D eigenvalue weighted by atomic mass is 10.1.